The molecule has 0 saturated heterocycles. The highest BCUT2D eigenvalue weighted by molar-refractivity contribution is 7.19. The van der Waals surface area contributed by atoms with E-state index in [1.165, 1.54) is 7.11 Å². The van der Waals surface area contributed by atoms with Crippen molar-refractivity contribution >= 4 is 33.9 Å². The Morgan fingerprint density at radius 3 is 2.83 bits per heavy atom. The number of benzene rings is 1. The molecule has 0 unspecified atom stereocenters. The lowest BCUT2D eigenvalue weighted by molar-refractivity contribution is 0.0692. The van der Waals surface area contributed by atoms with Crippen molar-refractivity contribution in [1.29, 1.82) is 0 Å². The lowest BCUT2D eigenvalue weighted by atomic mass is 10.2. The summed E-state index contributed by atoms with van der Waals surface area (Å²) >= 11 is 6.95. The third-order valence-corrected chi connectivity index (χ3v) is 3.40. The molecule has 1 aromatic carbocycles. The highest BCUT2D eigenvalue weighted by atomic mass is 35.5. The van der Waals surface area contributed by atoms with Gasteiger partial charge in [-0.15, -0.1) is 0 Å². The molecule has 2 rings (SSSR count). The number of hydrogen-bond donors (Lipinski definition) is 2. The van der Waals surface area contributed by atoms with Crippen LogP contribution in [0.5, 0.6) is 5.75 Å². The van der Waals surface area contributed by atoms with Crippen molar-refractivity contribution in [2.75, 3.05) is 12.8 Å². The van der Waals surface area contributed by atoms with E-state index >= 15 is 0 Å². The fourth-order valence-corrected chi connectivity index (χ4v) is 2.46. The fraction of sp³-hybridized carbons (Fsp3) is 0.0909. The quantitative estimate of drug-likeness (QED) is 0.905. The third-order valence-electron chi connectivity index (χ3n) is 2.25. The topological polar surface area (TPSA) is 85.4 Å². The van der Waals surface area contributed by atoms with E-state index < -0.39 is 5.97 Å². The predicted octanol–water partition coefficient (Wildman–Crippen LogP) is 2.75. The van der Waals surface area contributed by atoms with E-state index in [1.54, 1.807) is 18.2 Å². The largest absolute Gasteiger partial charge is 0.496 e. The Hall–Kier alpha value is -1.79. The van der Waals surface area contributed by atoms with Crippen molar-refractivity contribution in [1.82, 2.24) is 4.98 Å². The first-order chi connectivity index (χ1) is 8.52. The van der Waals surface area contributed by atoms with Gasteiger partial charge in [-0.05, 0) is 18.2 Å². The lowest BCUT2D eigenvalue weighted by Crippen LogP contribution is -2.00. The summed E-state index contributed by atoms with van der Waals surface area (Å²) in [5.74, 6) is -0.629. The minimum atomic E-state index is -1.15. The van der Waals surface area contributed by atoms with Gasteiger partial charge in [-0.2, -0.15) is 0 Å². The van der Waals surface area contributed by atoms with Crippen LogP contribution in [-0.2, 0) is 0 Å². The van der Waals surface area contributed by atoms with Gasteiger partial charge in [0.2, 0.25) is 0 Å². The smallest absolute Gasteiger partial charge is 0.357 e. The molecular formula is C11H9ClN2O3S. The fourth-order valence-electron chi connectivity index (χ4n) is 1.44. The zero-order chi connectivity index (χ0) is 13.3. The minimum absolute atomic E-state index is 0.146. The summed E-state index contributed by atoms with van der Waals surface area (Å²) in [6, 6.07) is 5.03. The van der Waals surface area contributed by atoms with Gasteiger partial charge < -0.3 is 15.6 Å². The summed E-state index contributed by atoms with van der Waals surface area (Å²) in [5.41, 5.74) is 6.12. The first kappa shape index (κ1) is 12.7. The zero-order valence-corrected chi connectivity index (χ0v) is 10.9. The van der Waals surface area contributed by atoms with Crippen LogP contribution in [0.3, 0.4) is 0 Å². The summed E-state index contributed by atoms with van der Waals surface area (Å²) in [7, 11) is 1.50. The van der Waals surface area contributed by atoms with Crippen molar-refractivity contribution < 1.29 is 14.6 Å². The number of anilines is 1. The Bertz CT molecular complexity index is 612. The molecule has 2 aromatic rings. The maximum atomic E-state index is 10.9. The summed E-state index contributed by atoms with van der Waals surface area (Å²) < 4.78 is 5.18. The van der Waals surface area contributed by atoms with Gasteiger partial charge in [0.25, 0.3) is 0 Å². The van der Waals surface area contributed by atoms with Gasteiger partial charge in [-0.25, -0.2) is 9.78 Å². The summed E-state index contributed by atoms with van der Waals surface area (Å²) in [6.07, 6.45) is 0. The molecule has 0 aliphatic carbocycles. The number of carbonyl (C=O) groups is 1. The number of aromatic nitrogens is 1. The van der Waals surface area contributed by atoms with Gasteiger partial charge >= 0.3 is 5.97 Å². The van der Waals surface area contributed by atoms with E-state index in [1.807, 2.05) is 0 Å². The number of nitrogens with zero attached hydrogens (tertiary/aromatic N) is 1. The van der Waals surface area contributed by atoms with Crippen LogP contribution in [0.15, 0.2) is 18.2 Å². The van der Waals surface area contributed by atoms with E-state index in [0.717, 1.165) is 11.3 Å². The van der Waals surface area contributed by atoms with Gasteiger partial charge in [-0.3, -0.25) is 0 Å². The summed E-state index contributed by atoms with van der Waals surface area (Å²) in [4.78, 5) is 14.9. The van der Waals surface area contributed by atoms with Gasteiger partial charge in [-0.1, -0.05) is 22.9 Å². The van der Waals surface area contributed by atoms with Crippen molar-refractivity contribution in [2.45, 2.75) is 0 Å². The Morgan fingerprint density at radius 1 is 1.56 bits per heavy atom. The molecule has 0 fully saturated rings. The second-order valence-corrected chi connectivity index (χ2v) is 4.85. The van der Waals surface area contributed by atoms with Crippen molar-refractivity contribution in [2.24, 2.45) is 0 Å². The summed E-state index contributed by atoms with van der Waals surface area (Å²) in [6.45, 7) is 0. The van der Waals surface area contributed by atoms with E-state index in [9.17, 15) is 4.79 Å². The molecule has 1 aromatic heterocycles. The number of rotatable bonds is 3. The van der Waals surface area contributed by atoms with Crippen LogP contribution in [0.4, 0.5) is 5.00 Å². The van der Waals surface area contributed by atoms with Gasteiger partial charge in [0.1, 0.15) is 15.8 Å². The van der Waals surface area contributed by atoms with Gasteiger partial charge in [0.15, 0.2) is 5.69 Å². The maximum absolute atomic E-state index is 10.9. The van der Waals surface area contributed by atoms with Crippen LogP contribution in [0.1, 0.15) is 10.5 Å². The molecule has 0 aliphatic rings. The predicted molar refractivity (Wildman–Crippen MR) is 70.5 cm³/mol. The van der Waals surface area contributed by atoms with Crippen molar-refractivity contribution in [3.05, 3.63) is 28.9 Å². The summed E-state index contributed by atoms with van der Waals surface area (Å²) in [5, 5.41) is 10.1. The molecule has 0 bridgehead atoms. The first-order valence-corrected chi connectivity index (χ1v) is 6.06. The number of carboxylic acid groups (broad SMARTS) is 1. The number of nitrogens with two attached hydrogens (primary N) is 1. The van der Waals surface area contributed by atoms with Crippen LogP contribution in [0, 0.1) is 0 Å². The number of carboxylic acids is 1. The zero-order valence-electron chi connectivity index (χ0n) is 9.31. The standard InChI is InChI=1S/C11H9ClN2O3S/c1-17-7-4-5(12)2-3-6(7)10-14-8(11(15)16)9(13)18-10/h2-4H,13H2,1H3,(H,15,16). The normalized spacial score (nSPS) is 10.3. The van der Waals surface area contributed by atoms with E-state index in [0.29, 0.717) is 21.3 Å². The van der Waals surface area contributed by atoms with Crippen LogP contribution >= 0.6 is 22.9 Å². The van der Waals surface area contributed by atoms with Gasteiger partial charge in [0.05, 0.1) is 12.7 Å². The molecule has 18 heavy (non-hydrogen) atoms. The SMILES string of the molecule is COc1cc(Cl)ccc1-c1nc(C(=O)O)c(N)s1. The van der Waals surface area contributed by atoms with Gasteiger partial charge in [0, 0.05) is 5.02 Å². The van der Waals surface area contributed by atoms with Crippen LogP contribution < -0.4 is 10.5 Å². The number of methoxy groups -OCH3 is 1. The number of thiazole rings is 1. The van der Waals surface area contributed by atoms with Crippen molar-refractivity contribution in [3.63, 3.8) is 0 Å². The Kier molecular flexibility index (Phi) is 3.40. The molecule has 0 atom stereocenters. The number of ether oxygens (including phenoxy) is 1. The molecule has 0 spiro atoms. The highest BCUT2D eigenvalue weighted by Crippen LogP contribution is 2.37. The van der Waals surface area contributed by atoms with Crippen LogP contribution in [0.2, 0.25) is 5.02 Å². The van der Waals surface area contributed by atoms with E-state index in [4.69, 9.17) is 27.2 Å². The minimum Gasteiger partial charge on any atom is -0.496 e. The highest BCUT2D eigenvalue weighted by Gasteiger charge is 2.18. The molecule has 0 aliphatic heterocycles. The first-order valence-electron chi connectivity index (χ1n) is 4.86. The molecule has 94 valence electrons. The third kappa shape index (κ3) is 2.25. The second kappa shape index (κ2) is 4.83. The van der Waals surface area contributed by atoms with Crippen molar-refractivity contribution in [3.8, 4) is 16.3 Å². The monoisotopic (exact) mass is 284 g/mol. The maximum Gasteiger partial charge on any atom is 0.357 e. The molecule has 0 saturated carbocycles. The average molecular weight is 285 g/mol. The second-order valence-electron chi connectivity index (χ2n) is 3.38. The Morgan fingerprint density at radius 2 is 2.28 bits per heavy atom. The number of halogens is 1. The molecule has 3 N–H and O–H groups in total. The average Bonchev–Trinajstić information content (AvgIpc) is 2.71. The number of hydrogen-bond acceptors (Lipinski definition) is 5. The molecule has 0 radical (unpaired) electrons. The molecule has 0 amide bonds. The Balaban J connectivity index is 2.55. The molecule has 7 heteroatoms. The lowest BCUT2D eigenvalue weighted by Gasteiger charge is -2.05. The molecular weight excluding hydrogens is 276 g/mol. The Labute approximate surface area is 112 Å². The van der Waals surface area contributed by atoms with Crippen LogP contribution in [-0.4, -0.2) is 23.2 Å². The molecule has 5 nitrogen and oxygen atoms in total. The molecule has 1 heterocycles. The number of nitrogen functional groups attached to an aromatic ring is 1. The van der Waals surface area contributed by atoms with E-state index in [-0.39, 0.29) is 10.7 Å². The van der Waals surface area contributed by atoms with E-state index in [2.05, 4.69) is 4.98 Å². The number of aromatic carboxylic acids is 1. The van der Waals surface area contributed by atoms with Crippen LogP contribution in [0.25, 0.3) is 10.6 Å².